The number of oxazole rings is 1. The van der Waals surface area contributed by atoms with Gasteiger partial charge in [0.2, 0.25) is 11.5 Å². The Kier molecular flexibility index (Phi) is 5.36. The van der Waals surface area contributed by atoms with Crippen LogP contribution in [0.25, 0.3) is 11.4 Å². The molecule has 0 bridgehead atoms. The van der Waals surface area contributed by atoms with Crippen LogP contribution in [0.3, 0.4) is 0 Å². The molecule has 8 heteroatoms. The lowest BCUT2D eigenvalue weighted by atomic mass is 10.0. The third-order valence-electron chi connectivity index (χ3n) is 3.83. The number of carbonyl (C=O) groups is 3. The fraction of sp³-hybridized carbons (Fsp3) is 0.105. The molecule has 0 aliphatic rings. The van der Waals surface area contributed by atoms with Gasteiger partial charge >= 0.3 is 0 Å². The van der Waals surface area contributed by atoms with Crippen molar-refractivity contribution in [1.29, 1.82) is 0 Å². The second-order valence-electron chi connectivity index (χ2n) is 5.69. The van der Waals surface area contributed by atoms with Crippen molar-refractivity contribution in [1.82, 2.24) is 15.3 Å². The molecule has 8 nitrogen and oxygen atoms in total. The van der Waals surface area contributed by atoms with E-state index in [1.165, 1.54) is 0 Å². The molecule has 1 unspecified atom stereocenters. The zero-order chi connectivity index (χ0) is 19.2. The van der Waals surface area contributed by atoms with Gasteiger partial charge in [0.15, 0.2) is 6.39 Å². The summed E-state index contributed by atoms with van der Waals surface area (Å²) < 4.78 is 5.18. The van der Waals surface area contributed by atoms with Crippen LogP contribution in [0, 0.1) is 0 Å². The van der Waals surface area contributed by atoms with Crippen molar-refractivity contribution in [3.8, 4) is 11.4 Å². The van der Waals surface area contributed by atoms with Crippen LogP contribution in [0.5, 0.6) is 0 Å². The summed E-state index contributed by atoms with van der Waals surface area (Å²) in [6.45, 7) is 0. The van der Waals surface area contributed by atoms with Crippen LogP contribution >= 0.6 is 0 Å². The molecule has 3 rings (SSSR count). The summed E-state index contributed by atoms with van der Waals surface area (Å²) in [7, 11) is 0. The molecule has 0 saturated heterocycles. The van der Waals surface area contributed by atoms with Gasteiger partial charge in [0, 0.05) is 12.6 Å². The number of Topliss-reactive ketones (excluding diaryl/α,β-unsaturated/α-hetero) is 1. The van der Waals surface area contributed by atoms with Gasteiger partial charge in [-0.25, -0.2) is 4.98 Å². The van der Waals surface area contributed by atoms with Gasteiger partial charge in [0.25, 0.3) is 11.8 Å². The lowest BCUT2D eigenvalue weighted by molar-refractivity contribution is -0.137. The highest BCUT2D eigenvalue weighted by Gasteiger charge is 2.28. The Morgan fingerprint density at radius 2 is 1.78 bits per heavy atom. The minimum Gasteiger partial charge on any atom is -0.438 e. The number of nitrogens with two attached hydrogens (primary N) is 1. The summed E-state index contributed by atoms with van der Waals surface area (Å²) in [6.07, 6.45) is 2.78. The smallest absolute Gasteiger partial charge is 0.290 e. The van der Waals surface area contributed by atoms with Crippen LogP contribution in [0.4, 0.5) is 0 Å². The number of hydrogen-bond donors (Lipinski definition) is 2. The molecule has 0 spiro atoms. The van der Waals surface area contributed by atoms with Crippen LogP contribution in [-0.4, -0.2) is 33.6 Å². The molecule has 2 heterocycles. The van der Waals surface area contributed by atoms with E-state index in [9.17, 15) is 14.4 Å². The van der Waals surface area contributed by atoms with Crippen molar-refractivity contribution in [3.63, 3.8) is 0 Å². The van der Waals surface area contributed by atoms with Crippen molar-refractivity contribution >= 4 is 17.6 Å². The Bertz CT molecular complexity index is 954. The van der Waals surface area contributed by atoms with E-state index in [1.807, 2.05) is 6.07 Å². The van der Waals surface area contributed by atoms with Gasteiger partial charge in [-0.15, -0.1) is 0 Å². The van der Waals surface area contributed by atoms with E-state index in [0.717, 1.165) is 12.0 Å². The minimum atomic E-state index is -1.13. The first-order chi connectivity index (χ1) is 13.1. The molecule has 2 amide bonds. The number of hydrogen-bond acceptors (Lipinski definition) is 6. The summed E-state index contributed by atoms with van der Waals surface area (Å²) in [5.41, 5.74) is 6.56. The van der Waals surface area contributed by atoms with E-state index in [-0.39, 0.29) is 17.9 Å². The molecular weight excluding hydrogens is 348 g/mol. The van der Waals surface area contributed by atoms with E-state index >= 15 is 0 Å². The van der Waals surface area contributed by atoms with Gasteiger partial charge < -0.3 is 15.5 Å². The van der Waals surface area contributed by atoms with Crippen molar-refractivity contribution in [2.75, 3.05) is 0 Å². The average molecular weight is 364 g/mol. The highest BCUT2D eigenvalue weighted by molar-refractivity contribution is 6.38. The Morgan fingerprint density at radius 3 is 2.44 bits per heavy atom. The van der Waals surface area contributed by atoms with Crippen molar-refractivity contribution in [2.45, 2.75) is 12.5 Å². The van der Waals surface area contributed by atoms with E-state index < -0.39 is 23.6 Å². The largest absolute Gasteiger partial charge is 0.438 e. The highest BCUT2D eigenvalue weighted by Crippen LogP contribution is 2.19. The van der Waals surface area contributed by atoms with Gasteiger partial charge in [-0.1, -0.05) is 36.4 Å². The normalized spacial score (nSPS) is 11.6. The summed E-state index contributed by atoms with van der Waals surface area (Å²) in [6, 6.07) is 13.0. The summed E-state index contributed by atoms with van der Waals surface area (Å²) in [4.78, 5) is 44.3. The molecule has 0 radical (unpaired) electrons. The molecule has 0 saturated carbocycles. The monoisotopic (exact) mass is 364 g/mol. The molecule has 136 valence electrons. The van der Waals surface area contributed by atoms with Crippen LogP contribution in [0.1, 0.15) is 16.1 Å². The number of ketones is 1. The fourth-order valence-electron chi connectivity index (χ4n) is 2.55. The number of carbonyl (C=O) groups excluding carboxylic acids is 3. The first-order valence-electron chi connectivity index (χ1n) is 8.09. The number of nitrogens with one attached hydrogen (secondary N) is 1. The lowest BCUT2D eigenvalue weighted by Gasteiger charge is -2.15. The topological polar surface area (TPSA) is 128 Å². The molecule has 27 heavy (non-hydrogen) atoms. The molecule has 1 aromatic carbocycles. The number of aromatic nitrogens is 2. The maximum absolute atomic E-state index is 12.7. The first-order valence-corrected chi connectivity index (χ1v) is 8.09. The first kappa shape index (κ1) is 18.0. The number of pyridine rings is 1. The van der Waals surface area contributed by atoms with Crippen LogP contribution in [-0.2, 0) is 16.0 Å². The summed E-state index contributed by atoms with van der Waals surface area (Å²) in [5, 5.41) is 2.51. The zero-order valence-corrected chi connectivity index (χ0v) is 14.2. The molecule has 0 aliphatic carbocycles. The summed E-state index contributed by atoms with van der Waals surface area (Å²) in [5.74, 6) is -2.82. The molecule has 3 aromatic rings. The Labute approximate surface area is 154 Å². The van der Waals surface area contributed by atoms with Crippen molar-refractivity contribution < 1.29 is 18.8 Å². The molecule has 3 N–H and O–H groups in total. The highest BCUT2D eigenvalue weighted by atomic mass is 16.3. The summed E-state index contributed by atoms with van der Waals surface area (Å²) >= 11 is 0. The zero-order valence-electron chi connectivity index (χ0n) is 14.2. The number of amides is 2. The standard InChI is InChI=1S/C19H16N4O4/c20-18(25)16(24)14(10-12-6-2-1-3-7-12)23-19(26)17-15(22-11-27-17)13-8-4-5-9-21-13/h1-9,11,14H,10H2,(H2,20,25)(H,23,26). The third-order valence-corrected chi connectivity index (χ3v) is 3.83. The molecular formula is C19H16N4O4. The SMILES string of the molecule is NC(=O)C(=O)C(Cc1ccccc1)NC(=O)c1ocnc1-c1ccccn1. The Hall–Kier alpha value is -3.81. The van der Waals surface area contributed by atoms with Crippen LogP contribution in [0.15, 0.2) is 65.5 Å². The van der Waals surface area contributed by atoms with Gasteiger partial charge in [-0.05, 0) is 17.7 Å². The van der Waals surface area contributed by atoms with Gasteiger partial charge in [-0.2, -0.15) is 0 Å². The maximum atomic E-state index is 12.7. The predicted molar refractivity (Wildman–Crippen MR) is 95.3 cm³/mol. The number of rotatable bonds is 7. The van der Waals surface area contributed by atoms with Gasteiger partial charge in [-0.3, -0.25) is 19.4 Å². The quantitative estimate of drug-likeness (QED) is 0.605. The number of benzene rings is 1. The molecule has 2 aromatic heterocycles. The predicted octanol–water partition coefficient (Wildman–Crippen LogP) is 1.13. The van der Waals surface area contributed by atoms with E-state index in [1.54, 1.807) is 48.7 Å². The lowest BCUT2D eigenvalue weighted by Crippen LogP contribution is -2.47. The molecule has 0 aliphatic heterocycles. The van der Waals surface area contributed by atoms with Crippen molar-refractivity contribution in [3.05, 3.63) is 72.4 Å². The van der Waals surface area contributed by atoms with Gasteiger partial charge in [0.1, 0.15) is 11.7 Å². The molecule has 1 atom stereocenters. The van der Waals surface area contributed by atoms with E-state index in [2.05, 4.69) is 15.3 Å². The third kappa shape index (κ3) is 4.24. The second kappa shape index (κ2) is 8.05. The second-order valence-corrected chi connectivity index (χ2v) is 5.69. The molecule has 0 fully saturated rings. The van der Waals surface area contributed by atoms with E-state index in [0.29, 0.717) is 5.69 Å². The number of primary amides is 1. The average Bonchev–Trinajstić information content (AvgIpc) is 3.18. The fourth-order valence-corrected chi connectivity index (χ4v) is 2.55. The van der Waals surface area contributed by atoms with E-state index in [4.69, 9.17) is 10.2 Å². The maximum Gasteiger partial charge on any atom is 0.290 e. The van der Waals surface area contributed by atoms with Crippen molar-refractivity contribution in [2.24, 2.45) is 5.73 Å². The van der Waals surface area contributed by atoms with Crippen LogP contribution < -0.4 is 11.1 Å². The van der Waals surface area contributed by atoms with Gasteiger partial charge in [0.05, 0.1) is 5.69 Å². The number of nitrogens with zero attached hydrogens (tertiary/aromatic N) is 2. The Balaban J connectivity index is 1.84. The van der Waals surface area contributed by atoms with Crippen LogP contribution in [0.2, 0.25) is 0 Å². The minimum absolute atomic E-state index is 0.107. The Morgan fingerprint density at radius 1 is 1.04 bits per heavy atom.